The predicted octanol–water partition coefficient (Wildman–Crippen LogP) is 3.35. The van der Waals surface area contributed by atoms with E-state index in [1.54, 1.807) is 0 Å². The Morgan fingerprint density at radius 3 is 2.52 bits per heavy atom. The lowest BCUT2D eigenvalue weighted by Crippen LogP contribution is -2.26. The molecule has 1 heterocycles. The summed E-state index contributed by atoms with van der Waals surface area (Å²) in [5.74, 6) is -1.03. The molecule has 0 N–H and O–H groups in total. The van der Waals surface area contributed by atoms with Gasteiger partial charge in [-0.2, -0.15) is 0 Å². The van der Waals surface area contributed by atoms with Crippen LogP contribution in [0.2, 0.25) is 0 Å². The molecule has 5 heteroatoms. The summed E-state index contributed by atoms with van der Waals surface area (Å²) >= 11 is 0. The average Bonchev–Trinajstić information content (AvgIpc) is 3.17. The van der Waals surface area contributed by atoms with Gasteiger partial charge in [0.15, 0.2) is 0 Å². The minimum Gasteiger partial charge on any atom is -0.334 e. The number of nitrogens with zero attached hydrogens (tertiary/aromatic N) is 3. The molecule has 0 saturated heterocycles. The molecule has 112 valence electrons. The third-order valence-electron chi connectivity index (χ3n) is 3.88. The molecule has 0 unspecified atom stereocenters. The second kappa shape index (κ2) is 5.93. The molecule has 2 aromatic rings. The van der Waals surface area contributed by atoms with Crippen molar-refractivity contribution in [2.75, 3.05) is 0 Å². The zero-order valence-corrected chi connectivity index (χ0v) is 12.1. The van der Waals surface area contributed by atoms with Crippen LogP contribution in [0.5, 0.6) is 0 Å². The molecule has 0 amide bonds. The van der Waals surface area contributed by atoms with Crippen molar-refractivity contribution in [3.05, 3.63) is 53.6 Å². The van der Waals surface area contributed by atoms with E-state index in [1.807, 2.05) is 12.5 Å². The van der Waals surface area contributed by atoms with Crippen molar-refractivity contribution in [1.29, 1.82) is 0 Å². The SMILES string of the molecule is CCn1cncc1CN(Cc1cc(F)cc(F)c1)C1CC1. The predicted molar refractivity (Wildman–Crippen MR) is 76.5 cm³/mol. The lowest BCUT2D eigenvalue weighted by atomic mass is 10.2. The van der Waals surface area contributed by atoms with E-state index in [9.17, 15) is 8.78 Å². The smallest absolute Gasteiger partial charge is 0.126 e. The highest BCUT2D eigenvalue weighted by molar-refractivity contribution is 5.18. The summed E-state index contributed by atoms with van der Waals surface area (Å²) < 4.78 is 28.7. The zero-order valence-electron chi connectivity index (χ0n) is 12.1. The lowest BCUT2D eigenvalue weighted by Gasteiger charge is -2.22. The van der Waals surface area contributed by atoms with E-state index in [0.29, 0.717) is 18.2 Å². The largest absolute Gasteiger partial charge is 0.334 e. The van der Waals surface area contributed by atoms with Crippen LogP contribution in [0.4, 0.5) is 8.78 Å². The molecular weight excluding hydrogens is 272 g/mol. The van der Waals surface area contributed by atoms with Crippen LogP contribution in [-0.4, -0.2) is 20.5 Å². The summed E-state index contributed by atoms with van der Waals surface area (Å²) in [5.41, 5.74) is 1.82. The second-order valence-electron chi connectivity index (χ2n) is 5.58. The van der Waals surface area contributed by atoms with Crippen molar-refractivity contribution in [2.24, 2.45) is 0 Å². The molecule has 1 aliphatic rings. The van der Waals surface area contributed by atoms with Gasteiger partial charge in [-0.05, 0) is 37.5 Å². The van der Waals surface area contributed by atoms with Crippen molar-refractivity contribution in [1.82, 2.24) is 14.5 Å². The minimum absolute atomic E-state index is 0.511. The van der Waals surface area contributed by atoms with Gasteiger partial charge in [-0.1, -0.05) is 0 Å². The van der Waals surface area contributed by atoms with Crippen LogP contribution in [0, 0.1) is 11.6 Å². The molecule has 1 aromatic heterocycles. The number of rotatable bonds is 6. The highest BCUT2D eigenvalue weighted by atomic mass is 19.1. The molecule has 1 aliphatic carbocycles. The standard InChI is InChI=1S/C16H19F2N3/c1-2-20-11-19-8-16(20)10-21(15-3-4-15)9-12-5-13(17)7-14(18)6-12/h5-8,11,15H,2-4,9-10H2,1H3. The Morgan fingerprint density at radius 2 is 1.90 bits per heavy atom. The molecule has 0 bridgehead atoms. The first-order chi connectivity index (χ1) is 10.2. The molecule has 0 aliphatic heterocycles. The van der Waals surface area contributed by atoms with Crippen molar-refractivity contribution >= 4 is 0 Å². The van der Waals surface area contributed by atoms with Gasteiger partial charge in [0.25, 0.3) is 0 Å². The van der Waals surface area contributed by atoms with Crippen LogP contribution in [-0.2, 0) is 19.6 Å². The van der Waals surface area contributed by atoms with Gasteiger partial charge in [0.2, 0.25) is 0 Å². The lowest BCUT2D eigenvalue weighted by molar-refractivity contribution is 0.239. The van der Waals surface area contributed by atoms with Crippen molar-refractivity contribution in [2.45, 2.75) is 45.4 Å². The molecule has 1 fully saturated rings. The topological polar surface area (TPSA) is 21.1 Å². The van der Waals surface area contributed by atoms with Crippen LogP contribution >= 0.6 is 0 Å². The molecule has 1 aromatic carbocycles. The molecule has 21 heavy (non-hydrogen) atoms. The quantitative estimate of drug-likeness (QED) is 0.814. The second-order valence-corrected chi connectivity index (χ2v) is 5.58. The maximum Gasteiger partial charge on any atom is 0.126 e. The Hall–Kier alpha value is -1.75. The first kappa shape index (κ1) is 14.2. The Morgan fingerprint density at radius 1 is 1.19 bits per heavy atom. The maximum absolute atomic E-state index is 13.3. The first-order valence-electron chi connectivity index (χ1n) is 7.33. The fraction of sp³-hybridized carbons (Fsp3) is 0.438. The minimum atomic E-state index is -0.514. The van der Waals surface area contributed by atoms with E-state index >= 15 is 0 Å². The highest BCUT2D eigenvalue weighted by Gasteiger charge is 2.29. The number of imidazole rings is 1. The van der Waals surface area contributed by atoms with Gasteiger partial charge < -0.3 is 4.57 Å². The number of aromatic nitrogens is 2. The molecule has 0 spiro atoms. The van der Waals surface area contributed by atoms with E-state index in [4.69, 9.17) is 0 Å². The van der Waals surface area contributed by atoms with Crippen LogP contribution in [0.25, 0.3) is 0 Å². The van der Waals surface area contributed by atoms with Crippen molar-refractivity contribution < 1.29 is 8.78 Å². The van der Waals surface area contributed by atoms with Gasteiger partial charge in [0, 0.05) is 37.9 Å². The van der Waals surface area contributed by atoms with Gasteiger partial charge >= 0.3 is 0 Å². The molecule has 3 rings (SSSR count). The Kier molecular flexibility index (Phi) is 4.01. The van der Waals surface area contributed by atoms with E-state index in [-0.39, 0.29) is 0 Å². The number of halogens is 2. The molecule has 3 nitrogen and oxygen atoms in total. The average molecular weight is 291 g/mol. The van der Waals surface area contributed by atoms with Gasteiger partial charge in [0.1, 0.15) is 11.6 Å². The zero-order chi connectivity index (χ0) is 14.8. The summed E-state index contributed by atoms with van der Waals surface area (Å²) in [6.07, 6.45) is 5.99. The summed E-state index contributed by atoms with van der Waals surface area (Å²) in [5, 5.41) is 0. The van der Waals surface area contributed by atoms with Crippen molar-refractivity contribution in [3.63, 3.8) is 0 Å². The first-order valence-corrected chi connectivity index (χ1v) is 7.33. The summed E-state index contributed by atoms with van der Waals surface area (Å²) in [6.45, 7) is 4.28. The van der Waals surface area contributed by atoms with Crippen LogP contribution < -0.4 is 0 Å². The van der Waals surface area contributed by atoms with Crippen LogP contribution in [0.15, 0.2) is 30.7 Å². The Balaban J connectivity index is 1.76. The van der Waals surface area contributed by atoms with E-state index in [2.05, 4.69) is 21.4 Å². The molecule has 0 atom stereocenters. The monoisotopic (exact) mass is 291 g/mol. The van der Waals surface area contributed by atoms with Crippen molar-refractivity contribution in [3.8, 4) is 0 Å². The van der Waals surface area contributed by atoms with Gasteiger partial charge in [-0.3, -0.25) is 4.90 Å². The van der Waals surface area contributed by atoms with Crippen LogP contribution in [0.1, 0.15) is 31.0 Å². The number of benzene rings is 1. The Labute approximate surface area is 123 Å². The van der Waals surface area contributed by atoms with E-state index < -0.39 is 11.6 Å². The number of aryl methyl sites for hydroxylation is 1. The fourth-order valence-electron chi connectivity index (χ4n) is 2.66. The highest BCUT2D eigenvalue weighted by Crippen LogP contribution is 2.30. The molecule has 1 saturated carbocycles. The summed E-state index contributed by atoms with van der Waals surface area (Å²) in [4.78, 5) is 6.45. The van der Waals surface area contributed by atoms with Gasteiger partial charge in [-0.15, -0.1) is 0 Å². The fourth-order valence-corrected chi connectivity index (χ4v) is 2.66. The normalized spacial score (nSPS) is 14.9. The summed E-state index contributed by atoms with van der Waals surface area (Å²) in [7, 11) is 0. The third-order valence-corrected chi connectivity index (χ3v) is 3.88. The number of hydrogen-bond acceptors (Lipinski definition) is 2. The Bertz CT molecular complexity index is 599. The van der Waals surface area contributed by atoms with Crippen LogP contribution in [0.3, 0.4) is 0 Å². The summed E-state index contributed by atoms with van der Waals surface area (Å²) in [6, 6.07) is 4.25. The van der Waals surface area contributed by atoms with E-state index in [0.717, 1.165) is 37.7 Å². The van der Waals surface area contributed by atoms with Gasteiger partial charge in [0.05, 0.1) is 12.0 Å². The van der Waals surface area contributed by atoms with Gasteiger partial charge in [-0.25, -0.2) is 13.8 Å². The third kappa shape index (κ3) is 3.47. The molecular formula is C16H19F2N3. The maximum atomic E-state index is 13.3. The molecule has 0 radical (unpaired) electrons. The number of hydrogen-bond donors (Lipinski definition) is 0. The van der Waals surface area contributed by atoms with E-state index in [1.165, 1.54) is 12.1 Å².